The van der Waals surface area contributed by atoms with Gasteiger partial charge in [0.25, 0.3) is 5.56 Å². The Morgan fingerprint density at radius 3 is 3.00 bits per heavy atom. The summed E-state index contributed by atoms with van der Waals surface area (Å²) in [5.74, 6) is 1.47. The van der Waals surface area contributed by atoms with Crippen LogP contribution in [0.15, 0.2) is 17.1 Å². The van der Waals surface area contributed by atoms with E-state index in [0.717, 1.165) is 12.2 Å². The minimum Gasteiger partial charge on any atom is -0.294 e. The van der Waals surface area contributed by atoms with Crippen molar-refractivity contribution in [2.24, 2.45) is 5.92 Å². The van der Waals surface area contributed by atoms with Crippen LogP contribution in [0.25, 0.3) is 0 Å². The van der Waals surface area contributed by atoms with Gasteiger partial charge in [-0.15, -0.1) is 0 Å². The van der Waals surface area contributed by atoms with E-state index in [1.165, 1.54) is 6.07 Å². The molecule has 1 aliphatic heterocycles. The first-order valence-corrected chi connectivity index (χ1v) is 4.26. The van der Waals surface area contributed by atoms with Crippen LogP contribution >= 0.6 is 0 Å². The molecule has 0 N–H and O–H groups in total. The molecule has 0 spiro atoms. The maximum absolute atomic E-state index is 11.4. The molecule has 2 rings (SSSR count). The highest BCUT2D eigenvalue weighted by molar-refractivity contribution is 5.03. The summed E-state index contributed by atoms with van der Waals surface area (Å²) in [7, 11) is 0. The molecule has 2 heterocycles. The van der Waals surface area contributed by atoms with Gasteiger partial charge in [-0.05, 0) is 12.8 Å². The van der Waals surface area contributed by atoms with Crippen molar-refractivity contribution in [3.63, 3.8) is 0 Å². The quantitative estimate of drug-likeness (QED) is 0.573. The average Bonchev–Trinajstić information content (AvgIpc) is 2.29. The van der Waals surface area contributed by atoms with Gasteiger partial charge in [0.05, 0.1) is 0 Å². The maximum Gasteiger partial charge on any atom is 0.253 e. The van der Waals surface area contributed by atoms with Crippen molar-refractivity contribution in [3.05, 3.63) is 28.4 Å². The predicted molar refractivity (Wildman–Crippen MR) is 46.1 cm³/mol. The van der Waals surface area contributed by atoms with E-state index >= 15 is 0 Å². The largest absolute Gasteiger partial charge is 0.294 e. The number of hydrogen-bond donors (Lipinski definition) is 0. The highest BCUT2D eigenvalue weighted by atomic mass is 16.1. The molecule has 1 aromatic rings. The van der Waals surface area contributed by atoms with E-state index in [0.29, 0.717) is 12.0 Å². The summed E-state index contributed by atoms with van der Waals surface area (Å²) in [5.41, 5.74) is 0.0804. The molecule has 0 unspecified atom stereocenters. The van der Waals surface area contributed by atoms with Gasteiger partial charge in [-0.2, -0.15) is 0 Å². The molecule has 0 fully saturated rings. The molecule has 1 aromatic heterocycles. The molecule has 3 nitrogen and oxygen atoms in total. The SMILES string of the molecule is C[C@@H]1Cc2nccc(=O)n2[C@@H]1C. The summed E-state index contributed by atoms with van der Waals surface area (Å²) in [5, 5.41) is 0. The molecule has 2 atom stereocenters. The van der Waals surface area contributed by atoms with Crippen molar-refractivity contribution in [1.29, 1.82) is 0 Å². The van der Waals surface area contributed by atoms with Gasteiger partial charge >= 0.3 is 0 Å². The average molecular weight is 164 g/mol. The van der Waals surface area contributed by atoms with E-state index in [4.69, 9.17) is 0 Å². The summed E-state index contributed by atoms with van der Waals surface area (Å²) >= 11 is 0. The Kier molecular flexibility index (Phi) is 1.53. The zero-order valence-electron chi connectivity index (χ0n) is 7.32. The molecule has 0 saturated carbocycles. The third-order valence-corrected chi connectivity index (χ3v) is 2.69. The highest BCUT2D eigenvalue weighted by Gasteiger charge is 2.26. The lowest BCUT2D eigenvalue weighted by atomic mass is 10.0. The second kappa shape index (κ2) is 2.44. The van der Waals surface area contributed by atoms with Crippen molar-refractivity contribution in [2.45, 2.75) is 26.3 Å². The lowest BCUT2D eigenvalue weighted by molar-refractivity contribution is 0.438. The zero-order valence-corrected chi connectivity index (χ0v) is 7.32. The van der Waals surface area contributed by atoms with Crippen LogP contribution in [0.2, 0.25) is 0 Å². The number of aromatic nitrogens is 2. The fourth-order valence-electron chi connectivity index (χ4n) is 1.76. The molecule has 3 heteroatoms. The van der Waals surface area contributed by atoms with Crippen LogP contribution in [0.5, 0.6) is 0 Å². The molecule has 1 aliphatic rings. The van der Waals surface area contributed by atoms with Gasteiger partial charge in [0, 0.05) is 24.7 Å². The van der Waals surface area contributed by atoms with E-state index in [9.17, 15) is 4.79 Å². The van der Waals surface area contributed by atoms with Crippen molar-refractivity contribution in [2.75, 3.05) is 0 Å². The molecule has 12 heavy (non-hydrogen) atoms. The molecule has 0 aromatic carbocycles. The number of fused-ring (bicyclic) bond motifs is 1. The maximum atomic E-state index is 11.4. The Labute approximate surface area is 71.1 Å². The Balaban J connectivity index is 2.62. The first-order chi connectivity index (χ1) is 5.70. The van der Waals surface area contributed by atoms with Crippen LogP contribution in [0.1, 0.15) is 25.7 Å². The van der Waals surface area contributed by atoms with Gasteiger partial charge in [0.2, 0.25) is 0 Å². The van der Waals surface area contributed by atoms with Crippen molar-refractivity contribution >= 4 is 0 Å². The minimum absolute atomic E-state index is 0.0804. The third kappa shape index (κ3) is 0.891. The Morgan fingerprint density at radius 2 is 2.33 bits per heavy atom. The van der Waals surface area contributed by atoms with Gasteiger partial charge in [-0.1, -0.05) is 6.92 Å². The fraction of sp³-hybridized carbons (Fsp3) is 0.556. The second-order valence-corrected chi connectivity index (χ2v) is 3.49. The first-order valence-electron chi connectivity index (χ1n) is 4.26. The van der Waals surface area contributed by atoms with E-state index < -0.39 is 0 Å². The van der Waals surface area contributed by atoms with Crippen LogP contribution in [-0.2, 0) is 6.42 Å². The van der Waals surface area contributed by atoms with E-state index in [-0.39, 0.29) is 5.56 Å². The van der Waals surface area contributed by atoms with Crippen LogP contribution in [-0.4, -0.2) is 9.55 Å². The van der Waals surface area contributed by atoms with E-state index in [1.54, 1.807) is 10.8 Å². The normalized spacial score (nSPS) is 27.2. The fourth-order valence-corrected chi connectivity index (χ4v) is 1.76. The monoisotopic (exact) mass is 164 g/mol. The van der Waals surface area contributed by atoms with Crippen LogP contribution in [0.4, 0.5) is 0 Å². The van der Waals surface area contributed by atoms with Crippen molar-refractivity contribution in [1.82, 2.24) is 9.55 Å². The Morgan fingerprint density at radius 1 is 1.58 bits per heavy atom. The van der Waals surface area contributed by atoms with Crippen molar-refractivity contribution < 1.29 is 0 Å². The standard InChI is InChI=1S/C9H12N2O/c1-6-5-8-10-4-3-9(12)11(8)7(6)2/h3-4,6-7H,5H2,1-2H3/t6-,7-/m1/s1. The smallest absolute Gasteiger partial charge is 0.253 e. The molecular weight excluding hydrogens is 152 g/mol. The molecule has 0 saturated heterocycles. The van der Waals surface area contributed by atoms with Crippen LogP contribution in [0.3, 0.4) is 0 Å². The summed E-state index contributed by atoms with van der Waals surface area (Å²) in [4.78, 5) is 15.6. The number of rotatable bonds is 0. The van der Waals surface area contributed by atoms with Gasteiger partial charge in [0.15, 0.2) is 0 Å². The van der Waals surface area contributed by atoms with Crippen molar-refractivity contribution in [3.8, 4) is 0 Å². The molecule has 0 amide bonds. The summed E-state index contributed by atoms with van der Waals surface area (Å²) in [6.07, 6.45) is 2.52. The lowest BCUT2D eigenvalue weighted by Crippen LogP contribution is -2.22. The first kappa shape index (κ1) is 7.53. The second-order valence-electron chi connectivity index (χ2n) is 3.49. The minimum atomic E-state index is 0.0804. The third-order valence-electron chi connectivity index (χ3n) is 2.69. The van der Waals surface area contributed by atoms with Crippen LogP contribution in [0, 0.1) is 5.92 Å². The highest BCUT2D eigenvalue weighted by Crippen LogP contribution is 2.26. The predicted octanol–water partition coefficient (Wildman–Crippen LogP) is 0.996. The summed E-state index contributed by atoms with van der Waals surface area (Å²) in [6, 6.07) is 1.83. The topological polar surface area (TPSA) is 34.9 Å². The molecule has 64 valence electrons. The molecule has 0 aliphatic carbocycles. The van der Waals surface area contributed by atoms with Gasteiger partial charge in [-0.25, -0.2) is 4.98 Å². The van der Waals surface area contributed by atoms with E-state index in [1.807, 2.05) is 0 Å². The Bertz CT molecular complexity index is 356. The molecular formula is C9H12N2O. The molecule has 0 bridgehead atoms. The zero-order chi connectivity index (χ0) is 8.72. The number of nitrogens with zero attached hydrogens (tertiary/aromatic N) is 2. The Hall–Kier alpha value is -1.12. The van der Waals surface area contributed by atoms with Gasteiger partial charge in [0.1, 0.15) is 5.82 Å². The van der Waals surface area contributed by atoms with Crippen LogP contribution < -0.4 is 5.56 Å². The van der Waals surface area contributed by atoms with Gasteiger partial charge in [-0.3, -0.25) is 9.36 Å². The van der Waals surface area contributed by atoms with E-state index in [2.05, 4.69) is 18.8 Å². The van der Waals surface area contributed by atoms with Gasteiger partial charge < -0.3 is 0 Å². The number of hydrogen-bond acceptors (Lipinski definition) is 2. The molecule has 0 radical (unpaired) electrons. The summed E-state index contributed by atoms with van der Waals surface area (Å²) in [6.45, 7) is 4.23. The lowest BCUT2D eigenvalue weighted by Gasteiger charge is -2.10. The summed E-state index contributed by atoms with van der Waals surface area (Å²) < 4.78 is 1.80.